The van der Waals surface area contributed by atoms with E-state index >= 15 is 0 Å². The molecule has 0 aromatic carbocycles. The third-order valence-corrected chi connectivity index (χ3v) is 3.54. The Labute approximate surface area is 124 Å². The molecule has 2 aromatic rings. The van der Waals surface area contributed by atoms with E-state index in [1.807, 2.05) is 7.05 Å². The number of likely N-dealkylation sites (N-methyl/N-ethyl adjacent to an activating group) is 1. The van der Waals surface area contributed by atoms with E-state index in [0.717, 1.165) is 11.9 Å². The van der Waals surface area contributed by atoms with Crippen LogP contribution in [0.5, 0.6) is 0 Å². The Morgan fingerprint density at radius 1 is 1.38 bits per heavy atom. The van der Waals surface area contributed by atoms with Crippen molar-refractivity contribution in [2.75, 3.05) is 18.5 Å². The first kappa shape index (κ1) is 15.2. The van der Waals surface area contributed by atoms with Gasteiger partial charge in [-0.15, -0.1) is 0 Å². The lowest BCUT2D eigenvalue weighted by Gasteiger charge is -2.23. The Hall–Kier alpha value is -2.18. The number of anilines is 1. The van der Waals surface area contributed by atoms with Gasteiger partial charge in [-0.05, 0) is 12.3 Å². The number of fused-ring (bicyclic) bond motifs is 1. The van der Waals surface area contributed by atoms with Crippen molar-refractivity contribution >= 4 is 22.9 Å². The number of H-pyrrole nitrogens is 1. The number of nitrogens with zero attached hydrogens (tertiary/aromatic N) is 4. The average Bonchev–Trinajstić information content (AvgIpc) is 2.92. The zero-order valence-corrected chi connectivity index (χ0v) is 12.9. The van der Waals surface area contributed by atoms with Gasteiger partial charge in [-0.25, -0.2) is 15.0 Å². The number of hydrogen-bond acceptors (Lipinski definition) is 5. The molecule has 2 rings (SSSR count). The minimum Gasteiger partial charge on any atom is -0.352 e. The molecule has 0 saturated carbocycles. The lowest BCUT2D eigenvalue weighted by atomic mass is 10.0. The van der Waals surface area contributed by atoms with E-state index < -0.39 is 0 Å². The lowest BCUT2D eigenvalue weighted by molar-refractivity contribution is -0.120. The molecule has 2 aromatic heterocycles. The molecule has 1 unspecified atom stereocenters. The predicted octanol–water partition coefficient (Wildman–Crippen LogP) is 1.34. The summed E-state index contributed by atoms with van der Waals surface area (Å²) in [6.45, 7) is 6.54. The highest BCUT2D eigenvalue weighted by atomic mass is 16.2. The van der Waals surface area contributed by atoms with Gasteiger partial charge in [0.05, 0.1) is 12.9 Å². The topological polar surface area (TPSA) is 86.8 Å². The summed E-state index contributed by atoms with van der Waals surface area (Å²) >= 11 is 0. The molecule has 1 amide bonds. The number of carbonyl (C=O) groups excluding carboxylic acids is 1. The van der Waals surface area contributed by atoms with Gasteiger partial charge in [-0.1, -0.05) is 20.8 Å². The summed E-state index contributed by atoms with van der Waals surface area (Å²) in [5.41, 5.74) is 1.34. The quantitative estimate of drug-likeness (QED) is 0.838. The second kappa shape index (κ2) is 6.51. The fourth-order valence-electron chi connectivity index (χ4n) is 2.32. The van der Waals surface area contributed by atoms with E-state index in [4.69, 9.17) is 0 Å². The largest absolute Gasteiger partial charge is 0.352 e. The van der Waals surface area contributed by atoms with Crippen LogP contribution in [0.1, 0.15) is 27.2 Å². The van der Waals surface area contributed by atoms with Crippen molar-refractivity contribution in [3.05, 3.63) is 12.7 Å². The molecule has 7 nitrogen and oxygen atoms in total. The van der Waals surface area contributed by atoms with Crippen molar-refractivity contribution in [1.82, 2.24) is 25.3 Å². The number of aromatic amines is 1. The van der Waals surface area contributed by atoms with E-state index in [-0.39, 0.29) is 18.5 Å². The molecule has 0 aliphatic carbocycles. The van der Waals surface area contributed by atoms with Gasteiger partial charge in [-0.2, -0.15) is 0 Å². The minimum absolute atomic E-state index is 0.00988. The van der Waals surface area contributed by atoms with Crippen molar-refractivity contribution in [3.63, 3.8) is 0 Å². The van der Waals surface area contributed by atoms with Crippen LogP contribution in [0.25, 0.3) is 11.2 Å². The van der Waals surface area contributed by atoms with Gasteiger partial charge in [0.2, 0.25) is 5.91 Å². The number of nitrogens with one attached hydrogen (secondary N) is 2. The summed E-state index contributed by atoms with van der Waals surface area (Å²) in [6, 6.07) is 0.198. The molecule has 0 aliphatic rings. The van der Waals surface area contributed by atoms with E-state index in [0.29, 0.717) is 17.4 Å². The van der Waals surface area contributed by atoms with Crippen LogP contribution in [0.2, 0.25) is 0 Å². The molecule has 0 saturated heterocycles. The average molecular weight is 290 g/mol. The van der Waals surface area contributed by atoms with Gasteiger partial charge in [0.1, 0.15) is 11.8 Å². The molecule has 0 fully saturated rings. The molecule has 0 bridgehead atoms. The lowest BCUT2D eigenvalue weighted by Crippen LogP contribution is -2.43. The van der Waals surface area contributed by atoms with Crippen LogP contribution in [-0.4, -0.2) is 45.5 Å². The Kier molecular flexibility index (Phi) is 4.72. The fraction of sp³-hybridized carbons (Fsp3) is 0.571. The molecule has 21 heavy (non-hydrogen) atoms. The van der Waals surface area contributed by atoms with Crippen LogP contribution in [0.3, 0.4) is 0 Å². The third kappa shape index (κ3) is 3.48. The van der Waals surface area contributed by atoms with Crippen LogP contribution in [0, 0.1) is 5.92 Å². The first-order valence-corrected chi connectivity index (χ1v) is 7.17. The second-order valence-electron chi connectivity index (χ2n) is 5.48. The maximum Gasteiger partial charge on any atom is 0.239 e. The molecule has 2 heterocycles. The molecule has 7 heteroatoms. The first-order chi connectivity index (χ1) is 10.0. The fourth-order valence-corrected chi connectivity index (χ4v) is 2.32. The van der Waals surface area contributed by atoms with E-state index in [9.17, 15) is 4.79 Å². The van der Waals surface area contributed by atoms with Crippen molar-refractivity contribution < 1.29 is 4.79 Å². The van der Waals surface area contributed by atoms with E-state index in [1.165, 1.54) is 6.33 Å². The molecular weight excluding hydrogens is 268 g/mol. The Morgan fingerprint density at radius 2 is 2.14 bits per heavy atom. The van der Waals surface area contributed by atoms with Crippen molar-refractivity contribution in [1.29, 1.82) is 0 Å². The normalized spacial score (nSPS) is 12.6. The van der Waals surface area contributed by atoms with Gasteiger partial charge >= 0.3 is 0 Å². The molecular formula is C14H22N6O. The van der Waals surface area contributed by atoms with E-state index in [1.54, 1.807) is 11.2 Å². The van der Waals surface area contributed by atoms with Gasteiger partial charge < -0.3 is 15.2 Å². The Morgan fingerprint density at radius 3 is 2.81 bits per heavy atom. The summed E-state index contributed by atoms with van der Waals surface area (Å²) in [5, 5.41) is 3.06. The molecule has 0 radical (unpaired) electrons. The van der Waals surface area contributed by atoms with Crippen LogP contribution in [0.4, 0.5) is 5.82 Å². The van der Waals surface area contributed by atoms with Gasteiger partial charge in [-0.3, -0.25) is 4.79 Å². The highest BCUT2D eigenvalue weighted by molar-refractivity contribution is 5.87. The maximum atomic E-state index is 12.2. The van der Waals surface area contributed by atoms with Crippen LogP contribution in [0.15, 0.2) is 12.7 Å². The van der Waals surface area contributed by atoms with Crippen molar-refractivity contribution in [3.8, 4) is 0 Å². The molecule has 0 spiro atoms. The number of rotatable bonds is 6. The third-order valence-electron chi connectivity index (χ3n) is 3.54. The smallest absolute Gasteiger partial charge is 0.239 e. The standard InChI is InChI=1S/C14H22N6O/c1-5-10(9(2)3)19-11(21)6-20(4)14-12-13(16-7-15-12)17-8-18-14/h7-10H,5-6H2,1-4H3,(H,19,21)(H,15,16,17,18). The summed E-state index contributed by atoms with van der Waals surface area (Å²) in [4.78, 5) is 29.3. The SMILES string of the molecule is CCC(NC(=O)CN(C)c1ncnc2nc[nH]c12)C(C)C. The number of hydrogen-bond donors (Lipinski definition) is 2. The summed E-state index contributed by atoms with van der Waals surface area (Å²) in [7, 11) is 1.83. The number of aromatic nitrogens is 4. The van der Waals surface area contributed by atoms with Crippen LogP contribution >= 0.6 is 0 Å². The zero-order chi connectivity index (χ0) is 15.4. The highest BCUT2D eigenvalue weighted by Crippen LogP contribution is 2.17. The number of carbonyl (C=O) groups is 1. The van der Waals surface area contributed by atoms with Crippen molar-refractivity contribution in [2.45, 2.75) is 33.2 Å². The minimum atomic E-state index is -0.00988. The van der Waals surface area contributed by atoms with Gasteiger partial charge in [0.15, 0.2) is 11.5 Å². The molecule has 0 aliphatic heterocycles. The number of imidazole rings is 1. The van der Waals surface area contributed by atoms with Gasteiger partial charge in [0.25, 0.3) is 0 Å². The summed E-state index contributed by atoms with van der Waals surface area (Å²) < 4.78 is 0. The summed E-state index contributed by atoms with van der Waals surface area (Å²) in [5.74, 6) is 1.08. The van der Waals surface area contributed by atoms with Crippen LogP contribution < -0.4 is 10.2 Å². The van der Waals surface area contributed by atoms with Gasteiger partial charge in [0, 0.05) is 13.1 Å². The molecule has 2 N–H and O–H groups in total. The Bertz CT molecular complexity index is 608. The highest BCUT2D eigenvalue weighted by Gasteiger charge is 2.17. The van der Waals surface area contributed by atoms with E-state index in [2.05, 4.69) is 46.0 Å². The van der Waals surface area contributed by atoms with Crippen LogP contribution in [-0.2, 0) is 4.79 Å². The first-order valence-electron chi connectivity index (χ1n) is 7.17. The zero-order valence-electron chi connectivity index (χ0n) is 12.9. The Balaban J connectivity index is 2.05. The second-order valence-corrected chi connectivity index (χ2v) is 5.48. The van der Waals surface area contributed by atoms with Crippen molar-refractivity contribution in [2.24, 2.45) is 5.92 Å². The predicted molar refractivity (Wildman–Crippen MR) is 82.0 cm³/mol. The molecule has 114 valence electrons. The summed E-state index contributed by atoms with van der Waals surface area (Å²) in [6.07, 6.45) is 3.95. The monoisotopic (exact) mass is 290 g/mol. The maximum absolute atomic E-state index is 12.2. The number of amides is 1. The molecule has 1 atom stereocenters.